The van der Waals surface area contributed by atoms with Gasteiger partial charge in [0.15, 0.2) is 0 Å². The standard InChI is InChI=1S/C10H13N3O3S/c1-7-10(8(2)13-12-7)17(14,15)11-5-9-3-4-16-6-9/h3-4,6,11H,5H2,1-2H3,(H,12,13). The second-order valence-corrected chi connectivity index (χ2v) is 5.42. The number of H-pyrrole nitrogens is 1. The highest BCUT2D eigenvalue weighted by atomic mass is 32.2. The lowest BCUT2D eigenvalue weighted by atomic mass is 10.4. The summed E-state index contributed by atoms with van der Waals surface area (Å²) >= 11 is 0. The average Bonchev–Trinajstić information content (AvgIpc) is 2.86. The van der Waals surface area contributed by atoms with Crippen LogP contribution >= 0.6 is 0 Å². The molecule has 2 aromatic rings. The van der Waals surface area contributed by atoms with Gasteiger partial charge in [0.25, 0.3) is 0 Å². The van der Waals surface area contributed by atoms with Gasteiger partial charge in [-0.2, -0.15) is 5.10 Å². The molecule has 7 heteroatoms. The molecule has 0 atom stereocenters. The van der Waals surface area contributed by atoms with Gasteiger partial charge in [0.05, 0.1) is 23.9 Å². The molecule has 0 bridgehead atoms. The first-order valence-corrected chi connectivity index (χ1v) is 6.51. The summed E-state index contributed by atoms with van der Waals surface area (Å²) < 4.78 is 31.4. The third kappa shape index (κ3) is 2.40. The first kappa shape index (κ1) is 11.9. The van der Waals surface area contributed by atoms with Crippen LogP contribution in [0.25, 0.3) is 0 Å². The second-order valence-electron chi connectivity index (χ2n) is 3.72. The monoisotopic (exact) mass is 255 g/mol. The molecule has 0 saturated heterocycles. The van der Waals surface area contributed by atoms with Crippen LogP contribution in [0, 0.1) is 13.8 Å². The van der Waals surface area contributed by atoms with Gasteiger partial charge >= 0.3 is 0 Å². The highest BCUT2D eigenvalue weighted by Crippen LogP contribution is 2.16. The molecule has 0 amide bonds. The molecule has 2 heterocycles. The summed E-state index contributed by atoms with van der Waals surface area (Å²) in [5.74, 6) is 0. The largest absolute Gasteiger partial charge is 0.472 e. The minimum absolute atomic E-state index is 0.197. The number of hydrogen-bond acceptors (Lipinski definition) is 4. The minimum Gasteiger partial charge on any atom is -0.472 e. The van der Waals surface area contributed by atoms with Gasteiger partial charge in [-0.05, 0) is 19.9 Å². The van der Waals surface area contributed by atoms with Crippen molar-refractivity contribution in [3.8, 4) is 0 Å². The maximum Gasteiger partial charge on any atom is 0.244 e. The van der Waals surface area contributed by atoms with E-state index >= 15 is 0 Å². The van der Waals surface area contributed by atoms with Crippen molar-refractivity contribution in [3.05, 3.63) is 35.5 Å². The van der Waals surface area contributed by atoms with Crippen LogP contribution < -0.4 is 4.72 Å². The molecule has 2 rings (SSSR count). The summed E-state index contributed by atoms with van der Waals surface area (Å²) in [5, 5.41) is 6.51. The molecule has 0 aliphatic rings. The van der Waals surface area contributed by atoms with E-state index in [-0.39, 0.29) is 11.4 Å². The van der Waals surface area contributed by atoms with E-state index in [9.17, 15) is 8.42 Å². The second kappa shape index (κ2) is 4.34. The molecular formula is C10H13N3O3S. The molecule has 0 radical (unpaired) electrons. The number of aromatic amines is 1. The fourth-order valence-corrected chi connectivity index (χ4v) is 2.96. The van der Waals surface area contributed by atoms with Crippen LogP contribution in [-0.2, 0) is 16.6 Å². The number of aromatic nitrogens is 2. The summed E-state index contributed by atoms with van der Waals surface area (Å²) in [7, 11) is -3.54. The van der Waals surface area contributed by atoms with Crippen LogP contribution in [0.3, 0.4) is 0 Å². The number of sulfonamides is 1. The van der Waals surface area contributed by atoms with E-state index in [2.05, 4.69) is 14.9 Å². The summed E-state index contributed by atoms with van der Waals surface area (Å²) in [6, 6.07) is 1.71. The molecule has 0 fully saturated rings. The molecule has 17 heavy (non-hydrogen) atoms. The van der Waals surface area contributed by atoms with Crippen molar-refractivity contribution in [2.75, 3.05) is 0 Å². The molecule has 0 unspecified atom stereocenters. The number of nitrogens with zero attached hydrogens (tertiary/aromatic N) is 1. The van der Waals surface area contributed by atoms with E-state index in [0.717, 1.165) is 5.56 Å². The third-order valence-corrected chi connectivity index (χ3v) is 4.04. The number of furan rings is 1. The average molecular weight is 255 g/mol. The topological polar surface area (TPSA) is 88.0 Å². The van der Waals surface area contributed by atoms with Gasteiger partial charge in [0, 0.05) is 12.1 Å². The van der Waals surface area contributed by atoms with Crippen molar-refractivity contribution in [2.24, 2.45) is 0 Å². The van der Waals surface area contributed by atoms with Crippen molar-refractivity contribution < 1.29 is 12.8 Å². The van der Waals surface area contributed by atoms with E-state index < -0.39 is 10.0 Å². The Morgan fingerprint density at radius 2 is 2.24 bits per heavy atom. The van der Waals surface area contributed by atoms with Gasteiger partial charge in [-0.15, -0.1) is 0 Å². The highest BCUT2D eigenvalue weighted by Gasteiger charge is 2.21. The fraction of sp³-hybridized carbons (Fsp3) is 0.300. The zero-order chi connectivity index (χ0) is 12.5. The van der Waals surface area contributed by atoms with Crippen LogP contribution in [-0.4, -0.2) is 18.6 Å². The van der Waals surface area contributed by atoms with Crippen LogP contribution in [0.4, 0.5) is 0 Å². The molecular weight excluding hydrogens is 242 g/mol. The lowest BCUT2D eigenvalue weighted by Gasteiger charge is -2.05. The SMILES string of the molecule is Cc1n[nH]c(C)c1S(=O)(=O)NCc1ccoc1. The van der Waals surface area contributed by atoms with Gasteiger partial charge in [-0.1, -0.05) is 0 Å². The molecule has 2 aromatic heterocycles. The third-order valence-electron chi connectivity index (χ3n) is 2.38. The Labute approximate surface area is 99.1 Å². The van der Waals surface area contributed by atoms with Gasteiger partial charge in [0.2, 0.25) is 10.0 Å². The Balaban J connectivity index is 2.20. The van der Waals surface area contributed by atoms with E-state index in [0.29, 0.717) is 11.4 Å². The number of rotatable bonds is 4. The smallest absolute Gasteiger partial charge is 0.244 e. The summed E-state index contributed by atoms with van der Waals surface area (Å²) in [5.41, 5.74) is 1.76. The van der Waals surface area contributed by atoms with Crippen molar-refractivity contribution in [1.82, 2.24) is 14.9 Å². The van der Waals surface area contributed by atoms with Crippen molar-refractivity contribution >= 4 is 10.0 Å². The van der Waals surface area contributed by atoms with Gasteiger partial charge in [-0.25, -0.2) is 13.1 Å². The first-order valence-electron chi connectivity index (χ1n) is 5.03. The van der Waals surface area contributed by atoms with E-state index in [1.54, 1.807) is 19.9 Å². The number of aryl methyl sites for hydroxylation is 2. The maximum atomic E-state index is 12.0. The quantitative estimate of drug-likeness (QED) is 0.856. The van der Waals surface area contributed by atoms with Gasteiger partial charge in [0.1, 0.15) is 4.90 Å². The Bertz CT molecular complexity index is 579. The van der Waals surface area contributed by atoms with Crippen molar-refractivity contribution in [2.45, 2.75) is 25.3 Å². The predicted octanol–water partition coefficient (Wildman–Crippen LogP) is 1.10. The van der Waals surface area contributed by atoms with E-state index in [1.165, 1.54) is 12.5 Å². The summed E-state index contributed by atoms with van der Waals surface area (Å²) in [6.07, 6.45) is 3.00. The normalized spacial score (nSPS) is 11.9. The number of hydrogen-bond donors (Lipinski definition) is 2. The summed E-state index contributed by atoms with van der Waals surface area (Å²) in [6.45, 7) is 3.52. The molecule has 0 aliphatic heterocycles. The molecule has 2 N–H and O–H groups in total. The Kier molecular flexibility index (Phi) is 3.03. The molecule has 92 valence electrons. The Hall–Kier alpha value is -1.60. The molecule has 6 nitrogen and oxygen atoms in total. The van der Waals surface area contributed by atoms with Crippen LogP contribution in [0.5, 0.6) is 0 Å². The van der Waals surface area contributed by atoms with E-state index in [1.807, 2.05) is 0 Å². The molecule has 0 spiro atoms. The van der Waals surface area contributed by atoms with Crippen molar-refractivity contribution in [1.29, 1.82) is 0 Å². The maximum absolute atomic E-state index is 12.0. The zero-order valence-corrected chi connectivity index (χ0v) is 10.3. The van der Waals surface area contributed by atoms with Gasteiger partial charge in [-0.3, -0.25) is 5.10 Å². The lowest BCUT2D eigenvalue weighted by molar-refractivity contribution is 0.561. The van der Waals surface area contributed by atoms with Gasteiger partial charge < -0.3 is 4.42 Å². The Morgan fingerprint density at radius 3 is 2.76 bits per heavy atom. The van der Waals surface area contributed by atoms with Crippen LogP contribution in [0.15, 0.2) is 27.9 Å². The fourth-order valence-electron chi connectivity index (χ4n) is 1.58. The Morgan fingerprint density at radius 1 is 1.47 bits per heavy atom. The molecule has 0 aromatic carbocycles. The first-order chi connectivity index (χ1) is 8.00. The minimum atomic E-state index is -3.54. The van der Waals surface area contributed by atoms with Crippen LogP contribution in [0.1, 0.15) is 17.0 Å². The predicted molar refractivity (Wildman–Crippen MR) is 60.8 cm³/mol. The van der Waals surface area contributed by atoms with Crippen LogP contribution in [0.2, 0.25) is 0 Å². The zero-order valence-electron chi connectivity index (χ0n) is 9.52. The number of nitrogens with one attached hydrogen (secondary N) is 2. The molecule has 0 aliphatic carbocycles. The summed E-state index contributed by atoms with van der Waals surface area (Å²) in [4.78, 5) is 0.209. The molecule has 0 saturated carbocycles. The van der Waals surface area contributed by atoms with Crippen molar-refractivity contribution in [3.63, 3.8) is 0 Å². The highest BCUT2D eigenvalue weighted by molar-refractivity contribution is 7.89. The lowest BCUT2D eigenvalue weighted by Crippen LogP contribution is -2.24. The van der Waals surface area contributed by atoms with E-state index in [4.69, 9.17) is 4.42 Å².